The van der Waals surface area contributed by atoms with E-state index in [-0.39, 0.29) is 0 Å². The topological polar surface area (TPSA) is 38.8 Å². The molecule has 1 amide bonds. The summed E-state index contributed by atoms with van der Waals surface area (Å²) in [6.07, 6.45) is 2.79. The maximum atomic E-state index is 11.6. The Hall–Kier alpha value is -1.42. The van der Waals surface area contributed by atoms with Crippen LogP contribution in [0.15, 0.2) is 24.3 Å². The maximum Gasteiger partial charge on any atom is 0.452 e. The van der Waals surface area contributed by atoms with Gasteiger partial charge in [0.2, 0.25) is 0 Å². The fraction of sp³-hybridized carbons (Fsp3) is 0.417. The second-order valence-corrected chi connectivity index (χ2v) is 4.37. The first kappa shape index (κ1) is 12.0. The van der Waals surface area contributed by atoms with Crippen LogP contribution in [0.1, 0.15) is 19.3 Å². The van der Waals surface area contributed by atoms with E-state index in [1.165, 1.54) is 6.42 Å². The lowest BCUT2D eigenvalue weighted by Gasteiger charge is -2.24. The number of nitrogens with zero attached hydrogens (tertiary/aromatic N) is 1. The van der Waals surface area contributed by atoms with Gasteiger partial charge in [-0.15, -0.1) is 0 Å². The van der Waals surface area contributed by atoms with Gasteiger partial charge in [-0.05, 0) is 43.5 Å². The third-order valence-corrected chi connectivity index (χ3v) is 2.89. The van der Waals surface area contributed by atoms with Crippen LogP contribution in [-0.4, -0.2) is 24.1 Å². The summed E-state index contributed by atoms with van der Waals surface area (Å²) in [4.78, 5) is 22.9. The predicted octanol–water partition coefficient (Wildman–Crippen LogP) is 3.26. The molecule has 0 N–H and O–H groups in total. The molecule has 0 spiro atoms. The summed E-state index contributed by atoms with van der Waals surface area (Å²) in [6.45, 7) is 1.48. The first-order valence-electron chi connectivity index (χ1n) is 5.65. The van der Waals surface area contributed by atoms with Gasteiger partial charge in [-0.1, -0.05) is 11.6 Å². The Morgan fingerprint density at radius 1 is 1.12 bits per heavy atom. The molecule has 0 bridgehead atoms. The molecular weight excluding hydrogens is 242 g/mol. The Balaban J connectivity index is 1.81. The van der Waals surface area contributed by atoms with Gasteiger partial charge in [0.1, 0.15) is 0 Å². The van der Waals surface area contributed by atoms with E-state index in [9.17, 15) is 4.79 Å². The van der Waals surface area contributed by atoms with Gasteiger partial charge >= 0.3 is 6.09 Å². The molecule has 92 valence electrons. The number of amides is 1. The first-order chi connectivity index (χ1) is 8.25. The second kappa shape index (κ2) is 5.77. The van der Waals surface area contributed by atoms with Crippen LogP contribution >= 0.6 is 11.6 Å². The Bertz CT molecular complexity index is 374. The Labute approximate surface area is 105 Å². The van der Waals surface area contributed by atoms with Gasteiger partial charge in [-0.25, -0.2) is 9.68 Å². The fourth-order valence-electron chi connectivity index (χ4n) is 1.70. The minimum atomic E-state index is -0.431. The molecule has 2 rings (SSSR count). The predicted molar refractivity (Wildman–Crippen MR) is 64.0 cm³/mol. The molecule has 1 aromatic carbocycles. The minimum absolute atomic E-state index is 0.431. The first-order valence-corrected chi connectivity index (χ1v) is 6.02. The zero-order valence-electron chi connectivity index (χ0n) is 9.39. The lowest BCUT2D eigenvalue weighted by Crippen LogP contribution is -2.36. The van der Waals surface area contributed by atoms with E-state index >= 15 is 0 Å². The molecule has 1 aliphatic rings. The number of hydrogen-bond acceptors (Lipinski definition) is 3. The molecule has 0 saturated carbocycles. The standard InChI is InChI=1S/C12H14ClNO3/c13-10-4-6-11(7-5-10)16-17-12(15)14-8-2-1-3-9-14/h4-7H,1-3,8-9H2. The summed E-state index contributed by atoms with van der Waals surface area (Å²) in [7, 11) is 0. The van der Waals surface area contributed by atoms with E-state index in [1.54, 1.807) is 29.2 Å². The molecule has 17 heavy (non-hydrogen) atoms. The van der Waals surface area contributed by atoms with Crippen LogP contribution < -0.4 is 4.89 Å². The molecule has 1 aliphatic heterocycles. The normalized spacial score (nSPS) is 15.5. The molecule has 4 nitrogen and oxygen atoms in total. The van der Waals surface area contributed by atoms with Gasteiger partial charge in [-0.2, -0.15) is 0 Å². The van der Waals surface area contributed by atoms with Crippen molar-refractivity contribution in [3.05, 3.63) is 29.3 Å². The Kier molecular flexibility index (Phi) is 4.09. The van der Waals surface area contributed by atoms with Crippen LogP contribution in [0.4, 0.5) is 4.79 Å². The van der Waals surface area contributed by atoms with Crippen molar-refractivity contribution in [2.75, 3.05) is 13.1 Å². The lowest BCUT2D eigenvalue weighted by molar-refractivity contribution is -0.154. The van der Waals surface area contributed by atoms with Gasteiger partial charge < -0.3 is 4.90 Å². The van der Waals surface area contributed by atoms with Crippen molar-refractivity contribution in [3.63, 3.8) is 0 Å². The molecule has 1 saturated heterocycles. The summed E-state index contributed by atoms with van der Waals surface area (Å²) < 4.78 is 0. The fourth-order valence-corrected chi connectivity index (χ4v) is 1.83. The smallest absolute Gasteiger partial charge is 0.305 e. The van der Waals surface area contributed by atoms with Crippen LogP contribution in [0.2, 0.25) is 5.02 Å². The highest BCUT2D eigenvalue weighted by Gasteiger charge is 2.18. The molecule has 0 aliphatic carbocycles. The summed E-state index contributed by atoms with van der Waals surface area (Å²) in [5, 5.41) is 0.611. The van der Waals surface area contributed by atoms with Crippen LogP contribution in [-0.2, 0) is 4.89 Å². The van der Waals surface area contributed by atoms with Gasteiger partial charge in [-0.3, -0.25) is 4.89 Å². The maximum absolute atomic E-state index is 11.6. The minimum Gasteiger partial charge on any atom is -0.305 e. The van der Waals surface area contributed by atoms with Crippen molar-refractivity contribution >= 4 is 17.7 Å². The van der Waals surface area contributed by atoms with Gasteiger partial charge in [0, 0.05) is 18.1 Å². The van der Waals surface area contributed by atoms with Crippen molar-refractivity contribution in [1.82, 2.24) is 4.90 Å². The summed E-state index contributed by atoms with van der Waals surface area (Å²) in [5.74, 6) is 0.458. The summed E-state index contributed by atoms with van der Waals surface area (Å²) in [5.41, 5.74) is 0. The largest absolute Gasteiger partial charge is 0.452 e. The molecule has 0 atom stereocenters. The van der Waals surface area contributed by atoms with Crippen LogP contribution in [0.3, 0.4) is 0 Å². The monoisotopic (exact) mass is 255 g/mol. The molecule has 1 heterocycles. The van der Waals surface area contributed by atoms with Crippen molar-refractivity contribution < 1.29 is 14.6 Å². The number of piperidine rings is 1. The van der Waals surface area contributed by atoms with Crippen molar-refractivity contribution in [3.8, 4) is 5.75 Å². The Morgan fingerprint density at radius 2 is 1.76 bits per heavy atom. The van der Waals surface area contributed by atoms with E-state index in [2.05, 4.69) is 0 Å². The molecule has 0 radical (unpaired) electrons. The summed E-state index contributed by atoms with van der Waals surface area (Å²) >= 11 is 5.72. The van der Waals surface area contributed by atoms with E-state index in [0.717, 1.165) is 25.9 Å². The van der Waals surface area contributed by atoms with Crippen molar-refractivity contribution in [2.45, 2.75) is 19.3 Å². The van der Waals surface area contributed by atoms with Crippen LogP contribution in [0.5, 0.6) is 5.75 Å². The second-order valence-electron chi connectivity index (χ2n) is 3.93. The van der Waals surface area contributed by atoms with E-state index in [0.29, 0.717) is 10.8 Å². The number of carbonyl (C=O) groups excluding carboxylic acids is 1. The van der Waals surface area contributed by atoms with Gasteiger partial charge in [0.05, 0.1) is 0 Å². The lowest BCUT2D eigenvalue weighted by atomic mass is 10.1. The highest BCUT2D eigenvalue weighted by molar-refractivity contribution is 6.30. The van der Waals surface area contributed by atoms with E-state index < -0.39 is 6.09 Å². The van der Waals surface area contributed by atoms with Gasteiger partial charge in [0.15, 0.2) is 5.75 Å². The van der Waals surface area contributed by atoms with E-state index in [4.69, 9.17) is 21.4 Å². The molecule has 1 fully saturated rings. The molecule has 1 aromatic rings. The number of benzene rings is 1. The number of carbonyl (C=O) groups is 1. The SMILES string of the molecule is O=C(OOc1ccc(Cl)cc1)N1CCCCC1. The third kappa shape index (κ3) is 3.53. The molecular formula is C12H14ClNO3. The van der Waals surface area contributed by atoms with Crippen LogP contribution in [0.25, 0.3) is 0 Å². The molecule has 0 aromatic heterocycles. The quantitative estimate of drug-likeness (QED) is 0.601. The number of rotatable bonds is 2. The zero-order valence-corrected chi connectivity index (χ0v) is 10.2. The average Bonchev–Trinajstić information content (AvgIpc) is 2.39. The third-order valence-electron chi connectivity index (χ3n) is 2.64. The van der Waals surface area contributed by atoms with E-state index in [1.807, 2.05) is 0 Å². The van der Waals surface area contributed by atoms with Crippen molar-refractivity contribution in [2.24, 2.45) is 0 Å². The molecule has 5 heteroatoms. The number of likely N-dealkylation sites (tertiary alicyclic amines) is 1. The summed E-state index contributed by atoms with van der Waals surface area (Å²) in [6, 6.07) is 6.63. The number of hydrogen-bond donors (Lipinski definition) is 0. The van der Waals surface area contributed by atoms with Crippen LogP contribution in [0, 0.1) is 0 Å². The highest BCUT2D eigenvalue weighted by Crippen LogP contribution is 2.16. The Morgan fingerprint density at radius 3 is 2.41 bits per heavy atom. The average molecular weight is 256 g/mol. The zero-order chi connectivity index (χ0) is 12.1. The molecule has 0 unspecified atom stereocenters. The van der Waals surface area contributed by atoms with Crippen molar-refractivity contribution in [1.29, 1.82) is 0 Å². The number of halogens is 1. The highest BCUT2D eigenvalue weighted by atomic mass is 35.5. The van der Waals surface area contributed by atoms with Gasteiger partial charge in [0.25, 0.3) is 0 Å².